The van der Waals surface area contributed by atoms with Gasteiger partial charge in [-0.3, -0.25) is 0 Å². The summed E-state index contributed by atoms with van der Waals surface area (Å²) >= 11 is 0. The van der Waals surface area contributed by atoms with Crippen molar-refractivity contribution in [2.45, 2.75) is 19.4 Å². The van der Waals surface area contributed by atoms with Gasteiger partial charge in [-0.2, -0.15) is 0 Å². The maximum atomic E-state index is 9.95. The lowest BCUT2D eigenvalue weighted by atomic mass is 10.2. The predicted molar refractivity (Wildman–Crippen MR) is 84.5 cm³/mol. The lowest BCUT2D eigenvalue weighted by molar-refractivity contribution is -0.911. The Balaban J connectivity index is 1.52. The van der Waals surface area contributed by atoms with E-state index in [1.54, 1.807) is 0 Å². The summed E-state index contributed by atoms with van der Waals surface area (Å²) in [5.41, 5.74) is 1.30. The minimum Gasteiger partial charge on any atom is -0.491 e. The zero-order chi connectivity index (χ0) is 15.6. The molecular formula is C17H28NO4+. The highest BCUT2D eigenvalue weighted by Crippen LogP contribution is 2.12. The van der Waals surface area contributed by atoms with Gasteiger partial charge in [0.2, 0.25) is 0 Å². The summed E-state index contributed by atoms with van der Waals surface area (Å²) in [4.78, 5) is 1.38. The lowest BCUT2D eigenvalue weighted by Crippen LogP contribution is -3.15. The van der Waals surface area contributed by atoms with Crippen molar-refractivity contribution in [3.05, 3.63) is 29.8 Å². The highest BCUT2D eigenvalue weighted by atomic mass is 16.5. The first-order valence-electron chi connectivity index (χ1n) is 8.16. The van der Waals surface area contributed by atoms with Gasteiger partial charge in [0.1, 0.15) is 38.1 Å². The second kappa shape index (κ2) is 9.79. The molecule has 1 atom stereocenters. The third-order valence-corrected chi connectivity index (χ3v) is 3.86. The quantitative estimate of drug-likeness (QED) is 0.627. The fourth-order valence-electron chi connectivity index (χ4n) is 2.52. The van der Waals surface area contributed by atoms with Crippen LogP contribution in [0.3, 0.4) is 0 Å². The van der Waals surface area contributed by atoms with Crippen LogP contribution in [0.1, 0.15) is 12.5 Å². The van der Waals surface area contributed by atoms with Crippen molar-refractivity contribution in [1.29, 1.82) is 0 Å². The zero-order valence-electron chi connectivity index (χ0n) is 13.4. The van der Waals surface area contributed by atoms with Gasteiger partial charge in [0.15, 0.2) is 0 Å². The van der Waals surface area contributed by atoms with Crippen molar-refractivity contribution in [3.8, 4) is 5.75 Å². The van der Waals surface area contributed by atoms with E-state index in [0.717, 1.165) is 45.0 Å². The number of rotatable bonds is 9. The van der Waals surface area contributed by atoms with Gasteiger partial charge in [0.05, 0.1) is 26.4 Å². The van der Waals surface area contributed by atoms with Gasteiger partial charge in [-0.15, -0.1) is 0 Å². The first-order valence-corrected chi connectivity index (χ1v) is 8.16. The predicted octanol–water partition coefficient (Wildman–Crippen LogP) is -0.0796. The van der Waals surface area contributed by atoms with Crippen LogP contribution in [0, 0.1) is 0 Å². The van der Waals surface area contributed by atoms with Crippen molar-refractivity contribution in [2.24, 2.45) is 0 Å². The topological polar surface area (TPSA) is 52.4 Å². The van der Waals surface area contributed by atoms with E-state index in [-0.39, 0.29) is 0 Å². The molecule has 124 valence electrons. The Morgan fingerprint density at radius 3 is 2.59 bits per heavy atom. The molecular weight excluding hydrogens is 282 g/mol. The average Bonchev–Trinajstić information content (AvgIpc) is 2.56. The molecule has 1 saturated heterocycles. The van der Waals surface area contributed by atoms with Crippen LogP contribution in [0.25, 0.3) is 0 Å². The molecule has 0 aromatic heterocycles. The van der Waals surface area contributed by atoms with Crippen molar-refractivity contribution in [1.82, 2.24) is 0 Å². The van der Waals surface area contributed by atoms with Gasteiger partial charge in [-0.1, -0.05) is 19.1 Å². The first kappa shape index (κ1) is 17.2. The molecule has 1 heterocycles. The molecule has 1 fully saturated rings. The van der Waals surface area contributed by atoms with Gasteiger partial charge >= 0.3 is 0 Å². The van der Waals surface area contributed by atoms with Gasteiger partial charge in [0, 0.05) is 0 Å². The number of quaternary nitrogens is 1. The number of hydrogen-bond acceptors (Lipinski definition) is 4. The average molecular weight is 310 g/mol. The number of hydrogen-bond donors (Lipinski definition) is 2. The van der Waals surface area contributed by atoms with E-state index in [1.165, 1.54) is 10.5 Å². The van der Waals surface area contributed by atoms with E-state index in [9.17, 15) is 5.11 Å². The Labute approximate surface area is 132 Å². The Bertz CT molecular complexity index is 404. The van der Waals surface area contributed by atoms with Gasteiger partial charge < -0.3 is 24.2 Å². The van der Waals surface area contributed by atoms with Crippen LogP contribution in [0.15, 0.2) is 24.3 Å². The molecule has 0 aliphatic carbocycles. The molecule has 0 amide bonds. The molecule has 1 aliphatic rings. The summed E-state index contributed by atoms with van der Waals surface area (Å²) in [5.74, 6) is 0.860. The van der Waals surface area contributed by atoms with E-state index >= 15 is 0 Å². The highest BCUT2D eigenvalue weighted by Gasteiger charge is 2.18. The van der Waals surface area contributed by atoms with Crippen molar-refractivity contribution < 1.29 is 24.2 Å². The van der Waals surface area contributed by atoms with Gasteiger partial charge in [-0.25, -0.2) is 0 Å². The fraction of sp³-hybridized carbons (Fsp3) is 0.647. The van der Waals surface area contributed by atoms with Crippen LogP contribution in [-0.4, -0.2) is 63.9 Å². The third-order valence-electron chi connectivity index (χ3n) is 3.86. The molecule has 5 nitrogen and oxygen atoms in total. The number of aliphatic hydroxyl groups is 1. The molecule has 0 unspecified atom stereocenters. The SMILES string of the molecule is CCc1ccc(OCCOC[C@@H](O)C[NH+]2CCOCC2)cc1. The first-order chi connectivity index (χ1) is 10.8. The Morgan fingerprint density at radius 2 is 1.91 bits per heavy atom. The minimum absolute atomic E-state index is 0.364. The zero-order valence-corrected chi connectivity index (χ0v) is 13.4. The number of aliphatic hydroxyl groups excluding tert-OH is 1. The van der Waals surface area contributed by atoms with Crippen LogP contribution in [0.4, 0.5) is 0 Å². The molecule has 5 heteroatoms. The van der Waals surface area contributed by atoms with Crippen molar-refractivity contribution >= 4 is 0 Å². The molecule has 22 heavy (non-hydrogen) atoms. The fourth-order valence-corrected chi connectivity index (χ4v) is 2.52. The largest absolute Gasteiger partial charge is 0.491 e. The van der Waals surface area contributed by atoms with Crippen LogP contribution in [0.5, 0.6) is 5.75 Å². The highest BCUT2D eigenvalue weighted by molar-refractivity contribution is 5.27. The van der Waals surface area contributed by atoms with Crippen LogP contribution >= 0.6 is 0 Å². The maximum Gasteiger partial charge on any atom is 0.126 e. The maximum absolute atomic E-state index is 9.95. The van der Waals surface area contributed by atoms with Gasteiger partial charge in [-0.05, 0) is 24.1 Å². The van der Waals surface area contributed by atoms with Crippen LogP contribution in [-0.2, 0) is 15.9 Å². The lowest BCUT2D eigenvalue weighted by Gasteiger charge is -2.25. The van der Waals surface area contributed by atoms with E-state index < -0.39 is 6.10 Å². The van der Waals surface area contributed by atoms with Crippen molar-refractivity contribution in [3.63, 3.8) is 0 Å². The van der Waals surface area contributed by atoms with Gasteiger partial charge in [0.25, 0.3) is 0 Å². The number of benzene rings is 1. The minimum atomic E-state index is -0.420. The summed E-state index contributed by atoms with van der Waals surface area (Å²) in [7, 11) is 0. The molecule has 0 spiro atoms. The summed E-state index contributed by atoms with van der Waals surface area (Å²) in [6, 6.07) is 8.11. The Morgan fingerprint density at radius 1 is 1.18 bits per heavy atom. The number of ether oxygens (including phenoxy) is 3. The van der Waals surface area contributed by atoms with Crippen LogP contribution in [0.2, 0.25) is 0 Å². The normalized spacial score (nSPS) is 17.4. The second-order valence-corrected chi connectivity index (χ2v) is 5.64. The third kappa shape index (κ3) is 6.32. The summed E-state index contributed by atoms with van der Waals surface area (Å²) < 4.78 is 16.4. The number of aryl methyl sites for hydroxylation is 1. The van der Waals surface area contributed by atoms with Crippen LogP contribution < -0.4 is 9.64 Å². The number of nitrogens with one attached hydrogen (secondary N) is 1. The number of morpholine rings is 1. The van der Waals surface area contributed by atoms with E-state index in [2.05, 4.69) is 19.1 Å². The molecule has 1 aromatic rings. The Hall–Kier alpha value is -1.14. The second-order valence-electron chi connectivity index (χ2n) is 5.64. The van der Waals surface area contributed by atoms with E-state index in [1.807, 2.05) is 12.1 Å². The van der Waals surface area contributed by atoms with E-state index in [0.29, 0.717) is 19.8 Å². The molecule has 0 bridgehead atoms. The smallest absolute Gasteiger partial charge is 0.126 e. The molecule has 1 aromatic carbocycles. The summed E-state index contributed by atoms with van der Waals surface area (Å²) in [6.07, 6.45) is 0.615. The van der Waals surface area contributed by atoms with E-state index in [4.69, 9.17) is 14.2 Å². The summed E-state index contributed by atoms with van der Waals surface area (Å²) in [5, 5.41) is 9.95. The molecule has 0 radical (unpaired) electrons. The molecule has 0 saturated carbocycles. The molecule has 1 aliphatic heterocycles. The monoisotopic (exact) mass is 310 g/mol. The standard InChI is InChI=1S/C17H27NO4/c1-2-15-3-5-17(6-4-15)22-12-11-21-14-16(19)13-18-7-9-20-10-8-18/h3-6,16,19H,2,7-14H2,1H3/p+1/t16-/m0/s1. The molecule has 2 N–H and O–H groups in total. The summed E-state index contributed by atoms with van der Waals surface area (Å²) in [6.45, 7) is 7.72. The molecule has 2 rings (SSSR count). The Kier molecular flexibility index (Phi) is 7.66. The van der Waals surface area contributed by atoms with Crippen molar-refractivity contribution in [2.75, 3.05) is 52.7 Å².